The molecule has 0 saturated heterocycles. The van der Waals surface area contributed by atoms with Gasteiger partial charge in [-0.25, -0.2) is 9.97 Å². The molecule has 2 heterocycles. The Bertz CT molecular complexity index is 1230. The molecule has 0 radical (unpaired) electrons. The molecule has 0 aliphatic carbocycles. The molecule has 0 spiro atoms. The Kier molecular flexibility index (Phi) is 5.95. The normalized spacial score (nSPS) is 10.7. The Hall–Kier alpha value is -3.71. The highest BCUT2D eigenvalue weighted by Crippen LogP contribution is 2.24. The summed E-state index contributed by atoms with van der Waals surface area (Å²) >= 11 is 5.76. The predicted molar refractivity (Wildman–Crippen MR) is 125 cm³/mol. The SMILES string of the molecule is CNc1nc(NCc2ccc(NC(=O)c3ccc(Cl)nc3)cc2)c2cc(C)ccc2n1. The number of benzene rings is 2. The lowest BCUT2D eigenvalue weighted by Gasteiger charge is -2.12. The van der Waals surface area contributed by atoms with Gasteiger partial charge in [0.1, 0.15) is 11.0 Å². The molecular weight excluding hydrogens is 412 g/mol. The fourth-order valence-electron chi connectivity index (χ4n) is 3.09. The molecule has 0 fully saturated rings. The summed E-state index contributed by atoms with van der Waals surface area (Å²) in [5, 5.41) is 10.6. The van der Waals surface area contributed by atoms with E-state index in [1.807, 2.05) is 43.3 Å². The zero-order valence-corrected chi connectivity index (χ0v) is 17.9. The zero-order valence-electron chi connectivity index (χ0n) is 17.1. The second-order valence-electron chi connectivity index (χ2n) is 7.04. The van der Waals surface area contributed by atoms with Crippen molar-refractivity contribution in [2.24, 2.45) is 0 Å². The molecule has 4 aromatic rings. The van der Waals surface area contributed by atoms with Crippen molar-refractivity contribution in [3.8, 4) is 0 Å². The van der Waals surface area contributed by atoms with Crippen molar-refractivity contribution in [2.45, 2.75) is 13.5 Å². The van der Waals surface area contributed by atoms with Gasteiger partial charge in [0.2, 0.25) is 5.95 Å². The third kappa shape index (κ3) is 4.90. The fourth-order valence-corrected chi connectivity index (χ4v) is 3.21. The lowest BCUT2D eigenvalue weighted by Crippen LogP contribution is -2.12. The third-order valence-corrected chi connectivity index (χ3v) is 4.96. The van der Waals surface area contributed by atoms with E-state index in [9.17, 15) is 4.79 Å². The second kappa shape index (κ2) is 8.97. The Labute approximate surface area is 184 Å². The summed E-state index contributed by atoms with van der Waals surface area (Å²) < 4.78 is 0. The number of nitrogens with zero attached hydrogens (tertiary/aromatic N) is 3. The van der Waals surface area contributed by atoms with E-state index in [0.717, 1.165) is 27.8 Å². The van der Waals surface area contributed by atoms with Crippen LogP contribution in [0.3, 0.4) is 0 Å². The second-order valence-corrected chi connectivity index (χ2v) is 7.43. The van der Waals surface area contributed by atoms with Gasteiger partial charge >= 0.3 is 0 Å². The molecule has 1 amide bonds. The van der Waals surface area contributed by atoms with Gasteiger partial charge in [0.25, 0.3) is 5.91 Å². The van der Waals surface area contributed by atoms with Crippen molar-refractivity contribution < 1.29 is 4.79 Å². The first-order valence-electron chi connectivity index (χ1n) is 9.74. The van der Waals surface area contributed by atoms with Crippen molar-refractivity contribution in [2.75, 3.05) is 23.0 Å². The maximum absolute atomic E-state index is 12.3. The quantitative estimate of drug-likeness (QED) is 0.375. The third-order valence-electron chi connectivity index (χ3n) is 4.74. The Morgan fingerprint density at radius 1 is 1.03 bits per heavy atom. The number of amides is 1. The molecule has 3 N–H and O–H groups in total. The summed E-state index contributed by atoms with van der Waals surface area (Å²) in [6, 6.07) is 16.9. The van der Waals surface area contributed by atoms with E-state index in [0.29, 0.717) is 28.9 Å². The fraction of sp³-hybridized carbons (Fsp3) is 0.130. The highest BCUT2D eigenvalue weighted by molar-refractivity contribution is 6.29. The van der Waals surface area contributed by atoms with Gasteiger partial charge in [0, 0.05) is 30.9 Å². The maximum Gasteiger partial charge on any atom is 0.257 e. The largest absolute Gasteiger partial charge is 0.365 e. The maximum atomic E-state index is 12.3. The van der Waals surface area contributed by atoms with E-state index in [1.165, 1.54) is 6.20 Å². The Balaban J connectivity index is 1.45. The highest BCUT2D eigenvalue weighted by atomic mass is 35.5. The molecule has 31 heavy (non-hydrogen) atoms. The molecule has 2 aromatic carbocycles. The Morgan fingerprint density at radius 2 is 1.84 bits per heavy atom. The number of carbonyl (C=O) groups excluding carboxylic acids is 1. The molecule has 156 valence electrons. The van der Waals surface area contributed by atoms with Crippen LogP contribution in [-0.4, -0.2) is 27.9 Å². The van der Waals surface area contributed by atoms with Gasteiger partial charge in [-0.3, -0.25) is 4.79 Å². The van der Waals surface area contributed by atoms with Crippen molar-refractivity contribution in [3.05, 3.63) is 82.6 Å². The van der Waals surface area contributed by atoms with Gasteiger partial charge in [-0.15, -0.1) is 0 Å². The van der Waals surface area contributed by atoms with Gasteiger partial charge in [-0.1, -0.05) is 35.4 Å². The van der Waals surface area contributed by atoms with E-state index in [4.69, 9.17) is 11.6 Å². The first kappa shape index (κ1) is 20.6. The summed E-state index contributed by atoms with van der Waals surface area (Å²) in [6.45, 7) is 2.63. The molecule has 4 rings (SSSR count). The van der Waals surface area contributed by atoms with Crippen molar-refractivity contribution in [1.82, 2.24) is 15.0 Å². The number of fused-ring (bicyclic) bond motifs is 1. The number of rotatable bonds is 6. The van der Waals surface area contributed by atoms with Crippen LogP contribution in [0.5, 0.6) is 0 Å². The van der Waals surface area contributed by atoms with Gasteiger partial charge in [-0.2, -0.15) is 4.98 Å². The van der Waals surface area contributed by atoms with Crippen LogP contribution in [0.25, 0.3) is 10.9 Å². The average Bonchev–Trinajstić information content (AvgIpc) is 2.78. The highest BCUT2D eigenvalue weighted by Gasteiger charge is 2.09. The number of nitrogens with one attached hydrogen (secondary N) is 3. The number of anilines is 3. The molecule has 0 bridgehead atoms. The number of carbonyl (C=O) groups is 1. The number of aromatic nitrogens is 3. The smallest absolute Gasteiger partial charge is 0.257 e. The summed E-state index contributed by atoms with van der Waals surface area (Å²) in [4.78, 5) is 25.3. The zero-order chi connectivity index (χ0) is 21.8. The van der Waals surface area contributed by atoms with Crippen molar-refractivity contribution >= 4 is 45.9 Å². The topological polar surface area (TPSA) is 91.8 Å². The van der Waals surface area contributed by atoms with Gasteiger partial charge < -0.3 is 16.0 Å². The van der Waals surface area contributed by atoms with Gasteiger partial charge in [0.05, 0.1) is 11.1 Å². The number of aryl methyl sites for hydroxylation is 1. The van der Waals surface area contributed by atoms with Crippen LogP contribution < -0.4 is 16.0 Å². The van der Waals surface area contributed by atoms with E-state index in [-0.39, 0.29) is 5.91 Å². The summed E-state index contributed by atoms with van der Waals surface area (Å²) in [5.41, 5.74) is 4.22. The molecular formula is C23H21ClN6O. The molecule has 0 saturated carbocycles. The van der Waals surface area contributed by atoms with Crippen LogP contribution in [0.1, 0.15) is 21.5 Å². The molecule has 7 nitrogen and oxygen atoms in total. The molecule has 0 atom stereocenters. The number of hydrogen-bond acceptors (Lipinski definition) is 6. The van der Waals surface area contributed by atoms with Crippen molar-refractivity contribution in [1.29, 1.82) is 0 Å². The summed E-state index contributed by atoms with van der Waals surface area (Å²) in [5.74, 6) is 1.09. The molecule has 0 aliphatic heterocycles. The van der Waals surface area contributed by atoms with E-state index < -0.39 is 0 Å². The summed E-state index contributed by atoms with van der Waals surface area (Å²) in [7, 11) is 1.80. The van der Waals surface area contributed by atoms with Crippen molar-refractivity contribution in [3.63, 3.8) is 0 Å². The van der Waals surface area contributed by atoms with E-state index >= 15 is 0 Å². The summed E-state index contributed by atoms with van der Waals surface area (Å²) in [6.07, 6.45) is 1.45. The minimum atomic E-state index is -0.238. The van der Waals surface area contributed by atoms with E-state index in [1.54, 1.807) is 19.2 Å². The van der Waals surface area contributed by atoms with E-state index in [2.05, 4.69) is 37.0 Å². The number of pyridine rings is 1. The number of hydrogen-bond donors (Lipinski definition) is 3. The molecule has 0 aliphatic rings. The molecule has 2 aromatic heterocycles. The average molecular weight is 433 g/mol. The minimum Gasteiger partial charge on any atom is -0.365 e. The number of halogens is 1. The van der Waals surface area contributed by atoms with Crippen LogP contribution in [0.2, 0.25) is 5.15 Å². The van der Waals surface area contributed by atoms with Gasteiger partial charge in [-0.05, 0) is 48.9 Å². The van der Waals surface area contributed by atoms with Crippen LogP contribution in [0.15, 0.2) is 60.8 Å². The van der Waals surface area contributed by atoms with Crippen LogP contribution in [0.4, 0.5) is 17.5 Å². The first-order valence-corrected chi connectivity index (χ1v) is 10.1. The predicted octanol–water partition coefficient (Wildman–Crippen LogP) is 4.89. The van der Waals surface area contributed by atoms with Crippen LogP contribution >= 0.6 is 11.6 Å². The molecule has 8 heteroatoms. The standard InChI is InChI=1S/C23H21ClN6O/c1-14-3-9-19-18(11-14)21(30-23(25-2)29-19)27-12-15-4-7-17(8-5-15)28-22(31)16-6-10-20(24)26-13-16/h3-11,13H,12H2,1-2H3,(H,28,31)(H2,25,27,29,30). The van der Waals surface area contributed by atoms with Gasteiger partial charge in [0.15, 0.2) is 0 Å². The van der Waals surface area contributed by atoms with Crippen LogP contribution in [0, 0.1) is 6.92 Å². The Morgan fingerprint density at radius 3 is 2.55 bits per heavy atom. The minimum absolute atomic E-state index is 0.238. The lowest BCUT2D eigenvalue weighted by atomic mass is 10.1. The first-order chi connectivity index (χ1) is 15.0. The lowest BCUT2D eigenvalue weighted by molar-refractivity contribution is 0.102. The monoisotopic (exact) mass is 432 g/mol. The molecule has 0 unspecified atom stereocenters. The van der Waals surface area contributed by atoms with Crippen LogP contribution in [-0.2, 0) is 6.54 Å².